The molecule has 1 aromatic heterocycles. The van der Waals surface area contributed by atoms with Crippen molar-refractivity contribution in [2.45, 2.75) is 79.6 Å². The van der Waals surface area contributed by atoms with Crippen molar-refractivity contribution in [3.63, 3.8) is 0 Å². The number of likely N-dealkylation sites (N-methyl/N-ethyl adjacent to an activating group) is 1. The fraction of sp³-hybridized carbons (Fsp3) is 0.645. The van der Waals surface area contributed by atoms with E-state index in [1.807, 2.05) is 32.8 Å². The SMILES string of the molecule is C=C(/C=C1/CN(C(C)C)CCCN1C)C(=C)NC(C)C.C=C(c1cc2n(n1)CCCN(C)C2)N(C)C.CC. The van der Waals surface area contributed by atoms with Crippen LogP contribution in [0.1, 0.15) is 65.8 Å². The molecule has 0 aliphatic carbocycles. The van der Waals surface area contributed by atoms with Gasteiger partial charge in [0.15, 0.2) is 0 Å². The predicted molar refractivity (Wildman–Crippen MR) is 166 cm³/mol. The van der Waals surface area contributed by atoms with E-state index in [1.165, 1.54) is 24.2 Å². The highest BCUT2D eigenvalue weighted by atomic mass is 15.3. The van der Waals surface area contributed by atoms with Gasteiger partial charge in [0.05, 0.1) is 11.4 Å². The lowest BCUT2D eigenvalue weighted by atomic mass is 10.1. The van der Waals surface area contributed by atoms with E-state index >= 15 is 0 Å². The Labute approximate surface area is 234 Å². The zero-order valence-corrected chi connectivity index (χ0v) is 26.3. The summed E-state index contributed by atoms with van der Waals surface area (Å²) in [6, 6.07) is 3.12. The minimum atomic E-state index is 0.386. The van der Waals surface area contributed by atoms with Gasteiger partial charge in [-0.05, 0) is 65.3 Å². The van der Waals surface area contributed by atoms with Crippen LogP contribution in [0.2, 0.25) is 0 Å². The van der Waals surface area contributed by atoms with Gasteiger partial charge < -0.3 is 20.0 Å². The smallest absolute Gasteiger partial charge is 0.108 e. The lowest BCUT2D eigenvalue weighted by molar-refractivity contribution is 0.246. The zero-order chi connectivity index (χ0) is 29.0. The molecular weight excluding hydrogens is 470 g/mol. The second-order valence-corrected chi connectivity index (χ2v) is 11.0. The summed E-state index contributed by atoms with van der Waals surface area (Å²) in [5.41, 5.74) is 6.48. The van der Waals surface area contributed by atoms with Crippen molar-refractivity contribution < 1.29 is 0 Å². The fourth-order valence-corrected chi connectivity index (χ4v) is 4.38. The van der Waals surface area contributed by atoms with Gasteiger partial charge in [0, 0.05) is 83.9 Å². The van der Waals surface area contributed by atoms with Crippen molar-refractivity contribution in [2.24, 2.45) is 0 Å². The quantitative estimate of drug-likeness (QED) is 0.488. The number of aryl methyl sites for hydroxylation is 1. The van der Waals surface area contributed by atoms with E-state index in [0.717, 1.165) is 61.9 Å². The van der Waals surface area contributed by atoms with Gasteiger partial charge in [-0.25, -0.2) is 0 Å². The lowest BCUT2D eigenvalue weighted by Crippen LogP contribution is -2.33. The highest BCUT2D eigenvalue weighted by Crippen LogP contribution is 2.19. The summed E-state index contributed by atoms with van der Waals surface area (Å²) in [6.45, 7) is 31.4. The maximum Gasteiger partial charge on any atom is 0.108 e. The van der Waals surface area contributed by atoms with Gasteiger partial charge >= 0.3 is 0 Å². The average Bonchev–Trinajstić information content (AvgIpc) is 3.03. The maximum absolute atomic E-state index is 4.62. The second kappa shape index (κ2) is 16.5. The Morgan fingerprint density at radius 3 is 2.18 bits per heavy atom. The van der Waals surface area contributed by atoms with Gasteiger partial charge in [-0.15, -0.1) is 0 Å². The molecule has 0 radical (unpaired) electrons. The number of nitrogens with one attached hydrogen (secondary N) is 1. The summed E-state index contributed by atoms with van der Waals surface area (Å²) in [5.74, 6) is 0. The second-order valence-electron chi connectivity index (χ2n) is 11.0. The fourth-order valence-electron chi connectivity index (χ4n) is 4.38. The predicted octanol–water partition coefficient (Wildman–Crippen LogP) is 5.26. The molecule has 38 heavy (non-hydrogen) atoms. The maximum atomic E-state index is 4.62. The van der Waals surface area contributed by atoms with E-state index in [0.29, 0.717) is 12.1 Å². The Hall–Kier alpha value is -2.51. The molecule has 0 atom stereocenters. The first-order valence-corrected chi connectivity index (χ1v) is 14.3. The third-order valence-electron chi connectivity index (χ3n) is 6.76. The molecule has 3 heterocycles. The molecule has 1 N–H and O–H groups in total. The number of allylic oxidation sites excluding steroid dienone is 1. The monoisotopic (exact) mass is 527 g/mol. The largest absolute Gasteiger partial charge is 0.383 e. The van der Waals surface area contributed by atoms with Crippen molar-refractivity contribution in [1.82, 2.24) is 34.7 Å². The topological polar surface area (TPSA) is 42.8 Å². The third kappa shape index (κ3) is 10.7. The van der Waals surface area contributed by atoms with Gasteiger partial charge in [-0.2, -0.15) is 5.10 Å². The zero-order valence-electron chi connectivity index (χ0n) is 26.3. The highest BCUT2D eigenvalue weighted by molar-refractivity contribution is 5.58. The molecule has 7 nitrogen and oxygen atoms in total. The molecule has 0 unspecified atom stereocenters. The van der Waals surface area contributed by atoms with E-state index in [-0.39, 0.29) is 0 Å². The molecule has 1 saturated heterocycles. The normalized spacial score (nSPS) is 17.5. The van der Waals surface area contributed by atoms with E-state index in [4.69, 9.17) is 0 Å². The van der Waals surface area contributed by atoms with Gasteiger partial charge in [0.1, 0.15) is 5.69 Å². The van der Waals surface area contributed by atoms with Crippen LogP contribution < -0.4 is 5.32 Å². The molecule has 0 spiro atoms. The van der Waals surface area contributed by atoms with E-state index in [2.05, 4.69) is 103 Å². The summed E-state index contributed by atoms with van der Waals surface area (Å²) in [6.07, 6.45) is 4.56. The Morgan fingerprint density at radius 1 is 0.974 bits per heavy atom. The number of nitrogens with zero attached hydrogens (tertiary/aromatic N) is 6. The minimum absolute atomic E-state index is 0.386. The van der Waals surface area contributed by atoms with Crippen molar-refractivity contribution in [2.75, 3.05) is 54.4 Å². The van der Waals surface area contributed by atoms with Gasteiger partial charge in [0.25, 0.3) is 0 Å². The van der Waals surface area contributed by atoms with Crippen LogP contribution in [0.3, 0.4) is 0 Å². The van der Waals surface area contributed by atoms with Gasteiger partial charge in [0.2, 0.25) is 0 Å². The van der Waals surface area contributed by atoms with Crippen molar-refractivity contribution >= 4 is 5.70 Å². The lowest BCUT2D eigenvalue weighted by Gasteiger charge is -2.27. The summed E-state index contributed by atoms with van der Waals surface area (Å²) < 4.78 is 2.12. The molecule has 3 rings (SSSR count). The summed E-state index contributed by atoms with van der Waals surface area (Å²) in [4.78, 5) is 9.20. The molecular formula is C31H57N7. The Kier molecular flexibility index (Phi) is 14.5. The van der Waals surface area contributed by atoms with E-state index in [1.54, 1.807) is 0 Å². The Balaban J connectivity index is 0.000000363. The van der Waals surface area contributed by atoms with Crippen LogP contribution in [-0.2, 0) is 13.1 Å². The number of hydrogen-bond donors (Lipinski definition) is 1. The van der Waals surface area contributed by atoms with Crippen LogP contribution in [0, 0.1) is 0 Å². The van der Waals surface area contributed by atoms with Gasteiger partial charge in [-0.3, -0.25) is 9.58 Å². The third-order valence-corrected chi connectivity index (χ3v) is 6.76. The van der Waals surface area contributed by atoms with Gasteiger partial charge in [-0.1, -0.05) is 33.6 Å². The molecule has 0 amide bonds. The van der Waals surface area contributed by atoms with Crippen LogP contribution in [-0.4, -0.2) is 95.8 Å². The summed E-state index contributed by atoms with van der Waals surface area (Å²) >= 11 is 0. The molecule has 2 aliphatic rings. The number of aromatic nitrogens is 2. The first-order chi connectivity index (χ1) is 17.9. The highest BCUT2D eigenvalue weighted by Gasteiger charge is 2.19. The minimum Gasteiger partial charge on any atom is -0.383 e. The summed E-state index contributed by atoms with van der Waals surface area (Å²) in [7, 11) is 8.32. The van der Waals surface area contributed by atoms with Crippen molar-refractivity contribution in [3.8, 4) is 0 Å². The van der Waals surface area contributed by atoms with Crippen LogP contribution in [0.4, 0.5) is 0 Å². The molecule has 7 heteroatoms. The van der Waals surface area contributed by atoms with Crippen LogP contribution >= 0.6 is 0 Å². The number of hydrogen-bond acceptors (Lipinski definition) is 6. The first kappa shape index (κ1) is 33.5. The van der Waals surface area contributed by atoms with Crippen molar-refractivity contribution in [3.05, 3.63) is 60.2 Å². The molecule has 0 aromatic carbocycles. The molecule has 0 saturated carbocycles. The standard InChI is InChI=1S/C17H31N3.C12H20N4.C2H6/c1-13(2)18-16(6)15(5)11-17-12-20(14(3)4)10-8-9-19(17)7;1-10(14(2)3)12-8-11-9-15(4)6-5-7-16(11)13-12;1-2/h11,13-14,18H,5-6,8-10,12H2,1-4,7H3;8H,1,5-7,9H2,2-4H3;1-2H3/b17-11-;;. The molecule has 0 bridgehead atoms. The van der Waals surface area contributed by atoms with Crippen LogP contribution in [0.25, 0.3) is 5.70 Å². The van der Waals surface area contributed by atoms with E-state index in [9.17, 15) is 0 Å². The number of fused-ring (bicyclic) bond motifs is 1. The van der Waals surface area contributed by atoms with Crippen LogP contribution in [0.15, 0.2) is 48.8 Å². The summed E-state index contributed by atoms with van der Waals surface area (Å²) in [5, 5.41) is 7.94. The Bertz CT molecular complexity index is 923. The number of rotatable bonds is 7. The van der Waals surface area contributed by atoms with E-state index < -0.39 is 0 Å². The van der Waals surface area contributed by atoms with Crippen LogP contribution in [0.5, 0.6) is 0 Å². The van der Waals surface area contributed by atoms with Crippen molar-refractivity contribution in [1.29, 1.82) is 0 Å². The molecule has 216 valence electrons. The Morgan fingerprint density at radius 2 is 1.61 bits per heavy atom. The first-order valence-electron chi connectivity index (χ1n) is 14.3. The molecule has 2 aliphatic heterocycles. The average molecular weight is 528 g/mol. The molecule has 1 fully saturated rings. The molecule has 1 aromatic rings.